The molecule has 9 atom stereocenters. The zero-order chi connectivity index (χ0) is 45.1. The molecule has 0 spiro atoms. The minimum atomic E-state index is -4.89. The molecule has 5 unspecified atom stereocenters. The van der Waals surface area contributed by atoms with Crippen LogP contribution >= 0.6 is 7.82 Å². The molecule has 4 N–H and O–H groups in total. The number of aromatic nitrogens is 4. The third-order valence-corrected chi connectivity index (χ3v) is 12.7. The third-order valence-electron chi connectivity index (χ3n) is 11.7. The SMILES string of the molecule is CCCCCCCCCCCCCCCCCN(C[C@H]1O[C@@H](n2ccc(N)nc2=O)C(OC)C1OP(=O)([O-])OC)C(=O)CC1C(OC)[C@H](n2ccc(N)nc2=O)O[C@@H]1COCC. The molecule has 4 rings (SSSR count). The number of carbonyl (C=O) groups is 1. The van der Waals surface area contributed by atoms with Crippen molar-refractivity contribution in [3.63, 3.8) is 0 Å². The molecule has 2 aromatic heterocycles. The molecule has 2 aliphatic rings. The summed E-state index contributed by atoms with van der Waals surface area (Å²) in [6, 6.07) is 2.88. The van der Waals surface area contributed by atoms with Crippen LogP contribution in [0.1, 0.15) is 129 Å². The number of nitrogens with two attached hydrogens (primary N) is 2. The number of unbranched alkanes of at least 4 members (excludes halogenated alkanes) is 14. The third kappa shape index (κ3) is 15.2. The number of carbonyl (C=O) groups excluding carboxylic acids is 1. The summed E-state index contributed by atoms with van der Waals surface area (Å²) in [4.78, 5) is 62.7. The molecular formula is C42H71N7O12P-. The zero-order valence-corrected chi connectivity index (χ0v) is 38.2. The van der Waals surface area contributed by atoms with Crippen molar-refractivity contribution in [1.29, 1.82) is 0 Å². The Hall–Kier alpha value is -3.26. The van der Waals surface area contributed by atoms with Crippen LogP contribution in [-0.4, -0.2) is 108 Å². The summed E-state index contributed by atoms with van der Waals surface area (Å²) in [7, 11) is -1.11. The van der Waals surface area contributed by atoms with Gasteiger partial charge in [-0.3, -0.25) is 18.5 Å². The number of hydrogen-bond acceptors (Lipinski definition) is 16. The highest BCUT2D eigenvalue weighted by Gasteiger charge is 2.51. The molecule has 20 heteroatoms. The van der Waals surface area contributed by atoms with Crippen LogP contribution in [0.3, 0.4) is 0 Å². The number of hydrogen-bond donors (Lipinski definition) is 2. The van der Waals surface area contributed by atoms with E-state index >= 15 is 0 Å². The normalized spacial score (nSPS) is 24.7. The number of ether oxygens (including phenoxy) is 5. The highest BCUT2D eigenvalue weighted by molar-refractivity contribution is 7.45. The molecule has 4 heterocycles. The number of methoxy groups -OCH3 is 2. The summed E-state index contributed by atoms with van der Waals surface area (Å²) < 4.78 is 55.5. The van der Waals surface area contributed by atoms with Crippen LogP contribution in [0.4, 0.5) is 11.6 Å². The van der Waals surface area contributed by atoms with Gasteiger partial charge >= 0.3 is 11.4 Å². The van der Waals surface area contributed by atoms with Crippen LogP contribution in [0.25, 0.3) is 0 Å². The predicted molar refractivity (Wildman–Crippen MR) is 231 cm³/mol. The van der Waals surface area contributed by atoms with Gasteiger partial charge in [0.25, 0.3) is 7.82 Å². The maximum atomic E-state index is 14.7. The molecule has 0 bridgehead atoms. The fourth-order valence-electron chi connectivity index (χ4n) is 8.37. The Labute approximate surface area is 365 Å². The van der Waals surface area contributed by atoms with Gasteiger partial charge in [0.15, 0.2) is 12.5 Å². The molecule has 1 amide bonds. The second-order valence-corrected chi connectivity index (χ2v) is 17.6. The molecule has 62 heavy (non-hydrogen) atoms. The predicted octanol–water partition coefficient (Wildman–Crippen LogP) is 4.73. The Morgan fingerprint density at radius 3 is 1.71 bits per heavy atom. The van der Waals surface area contributed by atoms with Gasteiger partial charge < -0.3 is 54.0 Å². The number of phosphoric acid groups is 1. The Morgan fingerprint density at radius 2 is 1.24 bits per heavy atom. The minimum Gasteiger partial charge on any atom is -0.756 e. The Kier molecular flexibility index (Phi) is 22.0. The molecule has 352 valence electrons. The molecule has 2 aliphatic heterocycles. The lowest BCUT2D eigenvalue weighted by Crippen LogP contribution is -2.46. The summed E-state index contributed by atoms with van der Waals surface area (Å²) in [5, 5.41) is 0. The number of nitrogen functional groups attached to an aromatic ring is 2. The lowest BCUT2D eigenvalue weighted by Gasteiger charge is -2.33. The van der Waals surface area contributed by atoms with Crippen molar-refractivity contribution in [2.75, 3.05) is 59.1 Å². The van der Waals surface area contributed by atoms with E-state index in [9.17, 15) is 23.8 Å². The molecular weight excluding hydrogens is 825 g/mol. The van der Waals surface area contributed by atoms with Crippen LogP contribution < -0.4 is 27.7 Å². The zero-order valence-electron chi connectivity index (χ0n) is 37.3. The smallest absolute Gasteiger partial charge is 0.351 e. The maximum Gasteiger partial charge on any atom is 0.351 e. The maximum absolute atomic E-state index is 14.7. The quantitative estimate of drug-likeness (QED) is 0.0795. The Balaban J connectivity index is 1.51. The van der Waals surface area contributed by atoms with Crippen molar-refractivity contribution in [3.8, 4) is 0 Å². The van der Waals surface area contributed by atoms with E-state index < -0.39 is 68.1 Å². The van der Waals surface area contributed by atoms with Gasteiger partial charge in [0.05, 0.1) is 12.7 Å². The van der Waals surface area contributed by atoms with Crippen LogP contribution in [0, 0.1) is 5.92 Å². The lowest BCUT2D eigenvalue weighted by molar-refractivity contribution is -0.231. The molecule has 0 aliphatic carbocycles. The van der Waals surface area contributed by atoms with Gasteiger partial charge in [-0.1, -0.05) is 96.8 Å². The van der Waals surface area contributed by atoms with E-state index in [1.807, 2.05) is 6.92 Å². The van der Waals surface area contributed by atoms with Crippen molar-refractivity contribution in [2.45, 2.75) is 160 Å². The molecule has 0 radical (unpaired) electrons. The van der Waals surface area contributed by atoms with E-state index in [0.29, 0.717) is 19.6 Å². The molecule has 0 saturated carbocycles. The summed E-state index contributed by atoms with van der Waals surface area (Å²) in [6.45, 7) is 4.77. The molecule has 0 aromatic carbocycles. The Morgan fingerprint density at radius 1 is 0.758 bits per heavy atom. The first-order valence-corrected chi connectivity index (χ1v) is 23.8. The van der Waals surface area contributed by atoms with E-state index in [-0.39, 0.29) is 37.1 Å². The standard InChI is InChI=1S/C42H72N7O12P/c1-6-8-9-10-11-12-13-14-15-16-17-18-19-20-21-24-47(28-31-37(61-62(53,54)57-5)38(56-4)40(59-31)49-26-23-34(44)46-42(49)52)35(50)27-30-32(29-58-7-2)60-39(36(30)55-3)48-25-22-33(43)45-41(48)51/h22-23,25-26,30-32,36-40H,6-21,24,27-29H2,1-5H3,(H,53,54)(H2,43,45,51)(H2,44,46,52)/p-1/t30?,31-,32-,36?,37?,38?,39-,40-/m1/s1. The number of rotatable bonds is 30. The second kappa shape index (κ2) is 26.5. The summed E-state index contributed by atoms with van der Waals surface area (Å²) in [6.07, 6.45) is 13.3. The van der Waals surface area contributed by atoms with Gasteiger partial charge in [-0.25, -0.2) is 9.59 Å². The first kappa shape index (κ1) is 51.4. The molecule has 19 nitrogen and oxygen atoms in total. The average molecular weight is 897 g/mol. The lowest BCUT2D eigenvalue weighted by atomic mass is 9.93. The first-order valence-electron chi connectivity index (χ1n) is 22.3. The van der Waals surface area contributed by atoms with Gasteiger partial charge in [-0.15, -0.1) is 0 Å². The number of phosphoric ester groups is 1. The summed E-state index contributed by atoms with van der Waals surface area (Å²) >= 11 is 0. The monoisotopic (exact) mass is 896 g/mol. The van der Waals surface area contributed by atoms with Crippen LogP contribution in [0.2, 0.25) is 0 Å². The Bertz CT molecular complexity index is 1800. The van der Waals surface area contributed by atoms with Crippen molar-refractivity contribution in [1.82, 2.24) is 24.0 Å². The molecule has 2 aromatic rings. The topological polar surface area (TPSA) is 247 Å². The van der Waals surface area contributed by atoms with Crippen molar-refractivity contribution in [3.05, 3.63) is 45.5 Å². The van der Waals surface area contributed by atoms with Crippen LogP contribution in [0.15, 0.2) is 34.1 Å². The fraction of sp³-hybridized carbons (Fsp3) is 0.786. The van der Waals surface area contributed by atoms with Gasteiger partial charge in [-0.05, 0) is 25.5 Å². The molecule has 2 fully saturated rings. The first-order chi connectivity index (χ1) is 29.9. The van der Waals surface area contributed by atoms with Crippen molar-refractivity contribution >= 4 is 25.4 Å². The highest BCUT2D eigenvalue weighted by atomic mass is 31.2. The van der Waals surface area contributed by atoms with E-state index in [0.717, 1.165) is 37.4 Å². The largest absolute Gasteiger partial charge is 0.756 e. The number of anilines is 2. The highest BCUT2D eigenvalue weighted by Crippen LogP contribution is 2.45. The van der Waals surface area contributed by atoms with Gasteiger partial charge in [0.1, 0.15) is 36.1 Å². The number of nitrogens with zero attached hydrogens (tertiary/aromatic N) is 5. The van der Waals surface area contributed by atoms with E-state index in [4.69, 9.17) is 39.7 Å². The molecule has 2 saturated heterocycles. The minimum absolute atomic E-state index is 0.0149. The second-order valence-electron chi connectivity index (χ2n) is 16.1. The van der Waals surface area contributed by atoms with Gasteiger partial charge in [0, 0.05) is 65.8 Å². The van der Waals surface area contributed by atoms with E-state index in [1.54, 1.807) is 4.90 Å². The van der Waals surface area contributed by atoms with E-state index in [1.165, 1.54) is 108 Å². The number of amides is 1. The van der Waals surface area contributed by atoms with Gasteiger partial charge in [0.2, 0.25) is 5.91 Å². The van der Waals surface area contributed by atoms with Crippen molar-refractivity contribution < 1.29 is 47.0 Å². The average Bonchev–Trinajstić information content (AvgIpc) is 3.76. The van der Waals surface area contributed by atoms with E-state index in [2.05, 4.69) is 21.4 Å². The van der Waals surface area contributed by atoms with Crippen LogP contribution in [-0.2, 0) is 42.1 Å². The van der Waals surface area contributed by atoms with Crippen LogP contribution in [0.5, 0.6) is 0 Å². The summed E-state index contributed by atoms with van der Waals surface area (Å²) in [5.41, 5.74) is 10.1. The summed E-state index contributed by atoms with van der Waals surface area (Å²) in [5.74, 6) is -0.850. The fourth-order valence-corrected chi connectivity index (χ4v) is 9.01. The van der Waals surface area contributed by atoms with Crippen molar-refractivity contribution in [2.24, 2.45) is 5.92 Å². The van der Waals surface area contributed by atoms with Gasteiger partial charge in [-0.2, -0.15) is 9.97 Å².